The molecule has 1 aromatic rings. The van der Waals surface area contributed by atoms with Crippen LogP contribution in [0.4, 0.5) is 5.69 Å². The minimum absolute atomic E-state index is 0.187. The number of nitrogens with zero attached hydrogens (tertiary/aromatic N) is 1. The zero-order chi connectivity index (χ0) is 14.3. The third kappa shape index (κ3) is 3.36. The highest BCUT2D eigenvalue weighted by Gasteiger charge is 2.38. The number of anilines is 1. The lowest BCUT2D eigenvalue weighted by atomic mass is 9.97. The standard InChI is InChI=1S/C15H21Cl2NO/c1-14(2)9-18(10-15(3,4)19-14)13-7-5-6-12(17)11(13)8-16/h5-7H,8-10H2,1-4H3. The number of hydrogen-bond donors (Lipinski definition) is 0. The van der Waals surface area contributed by atoms with Crippen molar-refractivity contribution >= 4 is 28.9 Å². The first-order valence-corrected chi connectivity index (χ1v) is 7.44. The molecule has 0 bridgehead atoms. The highest BCUT2D eigenvalue weighted by atomic mass is 35.5. The Hall–Kier alpha value is -0.440. The second kappa shape index (κ2) is 5.16. The first-order chi connectivity index (χ1) is 8.74. The molecule has 0 atom stereocenters. The molecule has 0 spiro atoms. The summed E-state index contributed by atoms with van der Waals surface area (Å²) in [5, 5.41) is 0.731. The largest absolute Gasteiger partial charge is 0.366 e. The summed E-state index contributed by atoms with van der Waals surface area (Å²) in [6.45, 7) is 10.1. The minimum atomic E-state index is -0.187. The van der Waals surface area contributed by atoms with E-state index in [2.05, 4.69) is 38.7 Å². The lowest BCUT2D eigenvalue weighted by molar-refractivity contribution is -0.133. The first kappa shape index (κ1) is 15.0. The molecular formula is C15H21Cl2NO. The number of ether oxygens (including phenoxy) is 1. The Bertz CT molecular complexity index is 455. The fourth-order valence-electron chi connectivity index (χ4n) is 2.93. The van der Waals surface area contributed by atoms with E-state index in [-0.39, 0.29) is 11.2 Å². The van der Waals surface area contributed by atoms with E-state index in [4.69, 9.17) is 27.9 Å². The predicted molar refractivity (Wildman–Crippen MR) is 82.5 cm³/mol. The molecular weight excluding hydrogens is 281 g/mol. The third-order valence-electron chi connectivity index (χ3n) is 3.26. The Balaban J connectivity index is 2.39. The van der Waals surface area contributed by atoms with Gasteiger partial charge >= 0.3 is 0 Å². The predicted octanol–water partition coefficient (Wildman–Crippen LogP) is 4.47. The number of hydrogen-bond acceptors (Lipinski definition) is 2. The van der Waals surface area contributed by atoms with E-state index in [1.54, 1.807) is 0 Å². The maximum absolute atomic E-state index is 6.25. The van der Waals surface area contributed by atoms with Crippen LogP contribution in [-0.4, -0.2) is 24.3 Å². The van der Waals surface area contributed by atoms with Crippen LogP contribution in [0.1, 0.15) is 33.3 Å². The van der Waals surface area contributed by atoms with Crippen LogP contribution in [0.3, 0.4) is 0 Å². The summed E-state index contributed by atoms with van der Waals surface area (Å²) in [4.78, 5) is 2.33. The maximum Gasteiger partial charge on any atom is 0.0808 e. The molecule has 0 aliphatic carbocycles. The molecule has 0 amide bonds. The van der Waals surface area contributed by atoms with Crippen molar-refractivity contribution in [3.63, 3.8) is 0 Å². The van der Waals surface area contributed by atoms with Crippen LogP contribution in [0.5, 0.6) is 0 Å². The Morgan fingerprint density at radius 3 is 2.26 bits per heavy atom. The van der Waals surface area contributed by atoms with E-state index >= 15 is 0 Å². The van der Waals surface area contributed by atoms with Crippen LogP contribution in [0, 0.1) is 0 Å². The van der Waals surface area contributed by atoms with E-state index in [9.17, 15) is 0 Å². The van der Waals surface area contributed by atoms with Crippen molar-refractivity contribution in [2.24, 2.45) is 0 Å². The molecule has 19 heavy (non-hydrogen) atoms. The maximum atomic E-state index is 6.25. The van der Waals surface area contributed by atoms with Crippen molar-refractivity contribution in [3.8, 4) is 0 Å². The number of morpholine rings is 1. The number of benzene rings is 1. The highest BCUT2D eigenvalue weighted by molar-refractivity contribution is 6.32. The van der Waals surface area contributed by atoms with Gasteiger partial charge in [0.05, 0.1) is 17.1 Å². The zero-order valence-electron chi connectivity index (χ0n) is 12.0. The number of rotatable bonds is 2. The van der Waals surface area contributed by atoms with Crippen LogP contribution in [0.15, 0.2) is 18.2 Å². The van der Waals surface area contributed by atoms with Gasteiger partial charge in [0.2, 0.25) is 0 Å². The van der Waals surface area contributed by atoms with Crippen molar-refractivity contribution in [1.82, 2.24) is 0 Å². The molecule has 0 saturated carbocycles. The summed E-state index contributed by atoms with van der Waals surface area (Å²) in [7, 11) is 0. The van der Waals surface area contributed by atoms with Gasteiger partial charge in [0.15, 0.2) is 0 Å². The summed E-state index contributed by atoms with van der Waals surface area (Å²) in [5.74, 6) is 0.424. The summed E-state index contributed by atoms with van der Waals surface area (Å²) in [5.41, 5.74) is 1.74. The van der Waals surface area contributed by atoms with Gasteiger partial charge in [-0.05, 0) is 39.8 Å². The average molecular weight is 302 g/mol. The van der Waals surface area contributed by atoms with Gasteiger partial charge in [-0.15, -0.1) is 11.6 Å². The Morgan fingerprint density at radius 2 is 1.74 bits per heavy atom. The Labute approximate surface area is 125 Å². The van der Waals surface area contributed by atoms with Crippen molar-refractivity contribution < 1.29 is 4.74 Å². The van der Waals surface area contributed by atoms with E-state index in [1.165, 1.54) is 0 Å². The normalized spacial score (nSPS) is 21.5. The SMILES string of the molecule is CC1(C)CN(c2cccc(Cl)c2CCl)CC(C)(C)O1. The molecule has 0 radical (unpaired) electrons. The molecule has 2 rings (SSSR count). The third-order valence-corrected chi connectivity index (χ3v) is 3.89. The highest BCUT2D eigenvalue weighted by Crippen LogP contribution is 2.35. The van der Waals surface area contributed by atoms with Crippen LogP contribution < -0.4 is 4.90 Å². The van der Waals surface area contributed by atoms with Gasteiger partial charge in [-0.2, -0.15) is 0 Å². The van der Waals surface area contributed by atoms with Gasteiger partial charge in [0.25, 0.3) is 0 Å². The molecule has 1 saturated heterocycles. The molecule has 1 aliphatic rings. The second-order valence-electron chi connectivity index (χ2n) is 6.35. The lowest BCUT2D eigenvalue weighted by Gasteiger charge is -2.48. The molecule has 2 nitrogen and oxygen atoms in total. The molecule has 0 aromatic heterocycles. The topological polar surface area (TPSA) is 12.5 Å². The quantitative estimate of drug-likeness (QED) is 0.747. The van der Waals surface area contributed by atoms with Crippen molar-refractivity contribution in [2.45, 2.75) is 44.8 Å². The van der Waals surface area contributed by atoms with E-state index in [0.29, 0.717) is 5.88 Å². The summed E-state index contributed by atoms with van der Waals surface area (Å²) >= 11 is 12.3. The van der Waals surface area contributed by atoms with Gasteiger partial charge in [-0.3, -0.25) is 0 Å². The van der Waals surface area contributed by atoms with Crippen LogP contribution in [0.25, 0.3) is 0 Å². The van der Waals surface area contributed by atoms with Crippen molar-refractivity contribution in [2.75, 3.05) is 18.0 Å². The monoisotopic (exact) mass is 301 g/mol. The Kier molecular flexibility index (Phi) is 4.06. The molecule has 1 heterocycles. The molecule has 1 aliphatic heterocycles. The van der Waals surface area contributed by atoms with Crippen LogP contribution in [-0.2, 0) is 10.6 Å². The summed E-state index contributed by atoms with van der Waals surface area (Å²) in [6, 6.07) is 5.95. The minimum Gasteiger partial charge on any atom is -0.366 e. The molecule has 1 fully saturated rings. The van der Waals surface area contributed by atoms with E-state index in [0.717, 1.165) is 29.4 Å². The van der Waals surface area contributed by atoms with Crippen LogP contribution >= 0.6 is 23.2 Å². The van der Waals surface area contributed by atoms with E-state index in [1.807, 2.05) is 12.1 Å². The summed E-state index contributed by atoms with van der Waals surface area (Å²) in [6.07, 6.45) is 0. The van der Waals surface area contributed by atoms with Gasteiger partial charge in [0.1, 0.15) is 0 Å². The van der Waals surface area contributed by atoms with Gasteiger partial charge in [0, 0.05) is 29.4 Å². The average Bonchev–Trinajstić information content (AvgIpc) is 2.24. The van der Waals surface area contributed by atoms with Crippen LogP contribution in [0.2, 0.25) is 5.02 Å². The van der Waals surface area contributed by atoms with Gasteiger partial charge < -0.3 is 9.64 Å². The molecule has 0 unspecified atom stereocenters. The fraction of sp³-hybridized carbons (Fsp3) is 0.600. The van der Waals surface area contributed by atoms with Gasteiger partial charge in [-0.1, -0.05) is 17.7 Å². The first-order valence-electron chi connectivity index (χ1n) is 6.53. The molecule has 106 valence electrons. The smallest absolute Gasteiger partial charge is 0.0808 e. The number of alkyl halides is 1. The zero-order valence-corrected chi connectivity index (χ0v) is 13.5. The van der Waals surface area contributed by atoms with Crippen molar-refractivity contribution in [3.05, 3.63) is 28.8 Å². The molecule has 4 heteroatoms. The second-order valence-corrected chi connectivity index (χ2v) is 7.02. The van der Waals surface area contributed by atoms with E-state index < -0.39 is 0 Å². The summed E-state index contributed by atoms with van der Waals surface area (Å²) < 4.78 is 6.11. The molecule has 0 N–H and O–H groups in total. The molecule has 1 aromatic carbocycles. The fourth-order valence-corrected chi connectivity index (χ4v) is 3.52. The number of halogens is 2. The van der Waals surface area contributed by atoms with Gasteiger partial charge in [-0.25, -0.2) is 0 Å². The lowest BCUT2D eigenvalue weighted by Crippen LogP contribution is -2.57. The van der Waals surface area contributed by atoms with Crippen molar-refractivity contribution in [1.29, 1.82) is 0 Å². The Morgan fingerprint density at radius 1 is 1.16 bits per heavy atom.